The lowest BCUT2D eigenvalue weighted by atomic mass is 9.64. The summed E-state index contributed by atoms with van der Waals surface area (Å²) in [5, 5.41) is 35.0. The van der Waals surface area contributed by atoms with Crippen molar-refractivity contribution in [1.29, 1.82) is 0 Å². The molecule has 9 aliphatic rings. The lowest BCUT2D eigenvalue weighted by molar-refractivity contribution is 0.0600. The summed E-state index contributed by atoms with van der Waals surface area (Å²) in [5.74, 6) is 7.09. The quantitative estimate of drug-likeness (QED) is 0.141. The van der Waals surface area contributed by atoms with E-state index in [4.69, 9.17) is 4.74 Å². The van der Waals surface area contributed by atoms with Crippen molar-refractivity contribution < 1.29 is 9.53 Å². The van der Waals surface area contributed by atoms with Gasteiger partial charge in [-0.25, -0.2) is 4.79 Å². The van der Waals surface area contributed by atoms with Gasteiger partial charge < -0.3 is 4.74 Å². The minimum Gasteiger partial charge on any atom is -0.465 e. The van der Waals surface area contributed by atoms with Crippen molar-refractivity contribution in [3.63, 3.8) is 0 Å². The third-order valence-corrected chi connectivity index (χ3v) is 19.6. The zero-order valence-corrected chi connectivity index (χ0v) is 40.2. The van der Waals surface area contributed by atoms with Crippen LogP contribution in [-0.4, -0.2) is 62.4 Å². The molecule has 10 nitrogen and oxygen atoms in total. The molecule has 1 aromatic rings. The number of hydrogen-bond donors (Lipinski definition) is 8. The second-order valence-corrected chi connectivity index (χ2v) is 25.7. The third-order valence-electron chi connectivity index (χ3n) is 19.6. The SMILES string of the molecule is COC(=O)c1ccc(C2CCC3C4NC5NC(NC6NC(NC7NC(NC(N4)C3C2)C2CC(C(C)(C)C)CCC72)C2CC(C(C)(C)C)CCC62)C2CC(C(C)(C)C)CCC52)cc1. The zero-order valence-electron chi connectivity index (χ0n) is 40.2. The van der Waals surface area contributed by atoms with Crippen LogP contribution < -0.4 is 42.5 Å². The van der Waals surface area contributed by atoms with Crippen molar-refractivity contribution in [3.05, 3.63) is 35.4 Å². The summed E-state index contributed by atoms with van der Waals surface area (Å²) in [5.41, 5.74) is 2.94. The number of carbonyl (C=O) groups is 1. The molecule has 9 fully saturated rings. The van der Waals surface area contributed by atoms with Gasteiger partial charge in [-0.1, -0.05) is 74.4 Å². The average molecular weight is 855 g/mol. The fourth-order valence-electron chi connectivity index (χ4n) is 15.7. The van der Waals surface area contributed by atoms with Crippen LogP contribution in [0.1, 0.15) is 161 Å². The first-order chi connectivity index (χ1) is 29.4. The van der Waals surface area contributed by atoms with Gasteiger partial charge in [0, 0.05) is 0 Å². The van der Waals surface area contributed by atoms with Gasteiger partial charge in [0.1, 0.15) is 0 Å². The molecule has 0 amide bonds. The number of benzene rings is 1. The Labute approximate surface area is 375 Å². The first-order valence-corrected chi connectivity index (χ1v) is 25.7. The molecule has 5 aliphatic heterocycles. The molecule has 346 valence electrons. The molecule has 62 heavy (non-hydrogen) atoms. The maximum atomic E-state index is 12.3. The largest absolute Gasteiger partial charge is 0.465 e. The summed E-state index contributed by atoms with van der Waals surface area (Å²) >= 11 is 0. The van der Waals surface area contributed by atoms with Crippen molar-refractivity contribution in [2.24, 2.45) is 81.3 Å². The van der Waals surface area contributed by atoms with Gasteiger partial charge in [-0.2, -0.15) is 0 Å². The summed E-state index contributed by atoms with van der Waals surface area (Å²) in [4.78, 5) is 12.3. The molecule has 5 heterocycles. The minimum absolute atomic E-state index is 0.210. The van der Waals surface area contributed by atoms with E-state index in [1.165, 1.54) is 83.3 Å². The van der Waals surface area contributed by atoms with E-state index in [1.807, 2.05) is 12.1 Å². The molecule has 0 aromatic heterocycles. The van der Waals surface area contributed by atoms with Crippen LogP contribution in [0.3, 0.4) is 0 Å². The molecule has 10 heteroatoms. The second-order valence-electron chi connectivity index (χ2n) is 25.7. The molecule has 10 rings (SSSR count). The molecular weight excluding hydrogens is 769 g/mol. The highest BCUT2D eigenvalue weighted by Crippen LogP contribution is 2.53. The maximum Gasteiger partial charge on any atom is 0.337 e. The van der Waals surface area contributed by atoms with Gasteiger partial charge in [-0.3, -0.25) is 42.5 Å². The highest BCUT2D eigenvalue weighted by Gasteiger charge is 2.57. The standard InChI is InChI=1S/C52H86N8O2/c1-50(2,3)30-16-20-34-38(24-30)46-55-42(34)53-41-33-19-15-29(27-11-13-28(14-12-27)49(61)62-10)23-37(33)45(54-41)60-48-40-26-32(52(7,8)9)18-22-36(40)44(59-48)58-47-39-25-31(51(4,5)6)17-21-35(39)43(56-46)57-47/h11-14,29-48,53-60H,15-26H2,1-10H3. The van der Waals surface area contributed by atoms with E-state index in [2.05, 4.69) is 117 Å². The van der Waals surface area contributed by atoms with Crippen LogP contribution in [0.4, 0.5) is 0 Å². The Hall–Kier alpha value is -1.63. The van der Waals surface area contributed by atoms with E-state index < -0.39 is 0 Å². The van der Waals surface area contributed by atoms with Gasteiger partial charge in [0.2, 0.25) is 0 Å². The van der Waals surface area contributed by atoms with Crippen LogP contribution in [0.2, 0.25) is 0 Å². The Balaban J connectivity index is 0.990. The van der Waals surface area contributed by atoms with E-state index in [1.54, 1.807) is 0 Å². The second kappa shape index (κ2) is 16.6. The molecule has 5 saturated heterocycles. The molecule has 1 aromatic carbocycles. The normalized spacial score (nSPS) is 46.9. The van der Waals surface area contributed by atoms with E-state index in [9.17, 15) is 4.79 Å². The lowest BCUT2D eigenvalue weighted by Gasteiger charge is -2.43. The zero-order chi connectivity index (χ0) is 43.5. The van der Waals surface area contributed by atoms with Crippen LogP contribution >= 0.6 is 0 Å². The monoisotopic (exact) mass is 855 g/mol. The Bertz CT molecular complexity index is 1750. The first kappa shape index (κ1) is 44.2. The first-order valence-electron chi connectivity index (χ1n) is 25.7. The van der Waals surface area contributed by atoms with Gasteiger partial charge in [0.25, 0.3) is 0 Å². The molecule has 4 aliphatic carbocycles. The van der Waals surface area contributed by atoms with Crippen LogP contribution in [0, 0.1) is 81.3 Å². The summed E-state index contributed by atoms with van der Waals surface area (Å²) < 4.78 is 5.05. The van der Waals surface area contributed by atoms with E-state index >= 15 is 0 Å². The minimum atomic E-state index is -0.260. The molecule has 8 bridgehead atoms. The molecule has 20 unspecified atom stereocenters. The van der Waals surface area contributed by atoms with Crippen molar-refractivity contribution in [2.75, 3.05) is 7.11 Å². The number of hydrogen-bond acceptors (Lipinski definition) is 10. The molecule has 0 spiro atoms. The van der Waals surface area contributed by atoms with Gasteiger partial charge in [-0.15, -0.1) is 0 Å². The van der Waals surface area contributed by atoms with E-state index in [0.717, 1.165) is 24.2 Å². The van der Waals surface area contributed by atoms with Gasteiger partial charge in [-0.05, 0) is 182 Å². The van der Waals surface area contributed by atoms with Crippen molar-refractivity contribution in [1.82, 2.24) is 42.5 Å². The Kier molecular flexibility index (Phi) is 11.8. The lowest BCUT2D eigenvalue weighted by Crippen LogP contribution is -2.61. The summed E-state index contributed by atoms with van der Waals surface area (Å²) in [6.07, 6.45) is 17.4. The van der Waals surface area contributed by atoms with Gasteiger partial charge in [0.05, 0.1) is 62.0 Å². The molecule has 0 radical (unpaired) electrons. The van der Waals surface area contributed by atoms with Crippen molar-refractivity contribution in [2.45, 2.75) is 195 Å². The molecule has 20 atom stereocenters. The predicted molar refractivity (Wildman–Crippen MR) is 248 cm³/mol. The van der Waals surface area contributed by atoms with Gasteiger partial charge in [0.15, 0.2) is 0 Å². The average Bonchev–Trinajstić information content (AvgIpc) is 3.97. The third kappa shape index (κ3) is 8.27. The number of esters is 1. The van der Waals surface area contributed by atoms with Crippen LogP contribution in [0.25, 0.3) is 0 Å². The topological polar surface area (TPSA) is 123 Å². The molecular formula is C52H86N8O2. The van der Waals surface area contributed by atoms with Crippen LogP contribution in [0.15, 0.2) is 24.3 Å². The summed E-state index contributed by atoms with van der Waals surface area (Å²) in [6, 6.07) is 8.33. The van der Waals surface area contributed by atoms with Crippen molar-refractivity contribution >= 4 is 5.97 Å². The maximum absolute atomic E-state index is 12.3. The fourth-order valence-corrected chi connectivity index (χ4v) is 15.7. The molecule has 8 N–H and O–H groups in total. The Morgan fingerprint density at radius 2 is 0.710 bits per heavy atom. The number of carbonyl (C=O) groups excluding carboxylic acids is 1. The predicted octanol–water partition coefficient (Wildman–Crippen LogP) is 7.60. The Morgan fingerprint density at radius 1 is 0.419 bits per heavy atom. The number of ether oxygens (including phenoxy) is 1. The number of rotatable bonds is 2. The van der Waals surface area contributed by atoms with Gasteiger partial charge >= 0.3 is 5.97 Å². The Morgan fingerprint density at radius 3 is 1.02 bits per heavy atom. The van der Waals surface area contributed by atoms with Crippen LogP contribution in [0.5, 0.6) is 0 Å². The molecule has 4 saturated carbocycles. The van der Waals surface area contributed by atoms with E-state index in [-0.39, 0.29) is 49.1 Å². The van der Waals surface area contributed by atoms with Crippen molar-refractivity contribution in [3.8, 4) is 0 Å². The van der Waals surface area contributed by atoms with E-state index in [0.29, 0.717) is 81.2 Å². The summed E-state index contributed by atoms with van der Waals surface area (Å²) in [6.45, 7) is 22.3. The highest BCUT2D eigenvalue weighted by molar-refractivity contribution is 5.89. The number of methoxy groups -OCH3 is 1. The highest BCUT2D eigenvalue weighted by atomic mass is 16.5. The summed E-state index contributed by atoms with van der Waals surface area (Å²) in [7, 11) is 1.47. The number of nitrogens with one attached hydrogen (secondary N) is 8. The number of fused-ring (bicyclic) bond motifs is 20. The van der Waals surface area contributed by atoms with Crippen LogP contribution in [-0.2, 0) is 4.74 Å². The fraction of sp³-hybridized carbons (Fsp3) is 0.865. The smallest absolute Gasteiger partial charge is 0.337 e.